The van der Waals surface area contributed by atoms with Crippen molar-refractivity contribution in [2.75, 3.05) is 11.9 Å². The zero-order chi connectivity index (χ0) is 13.8. The van der Waals surface area contributed by atoms with Crippen LogP contribution in [-0.2, 0) is 13.0 Å². The molecule has 1 heterocycles. The second-order valence-electron chi connectivity index (χ2n) is 4.26. The Hall–Kier alpha value is -1.39. The van der Waals surface area contributed by atoms with Crippen molar-refractivity contribution in [1.29, 1.82) is 0 Å². The summed E-state index contributed by atoms with van der Waals surface area (Å²) in [5.41, 5.74) is 2.03. The second-order valence-corrected chi connectivity index (χ2v) is 5.71. The first-order chi connectivity index (χ1) is 9.13. The van der Waals surface area contributed by atoms with Crippen molar-refractivity contribution in [2.24, 2.45) is 0 Å². The van der Waals surface area contributed by atoms with Crippen LogP contribution in [0.1, 0.15) is 27.9 Å². The van der Waals surface area contributed by atoms with Crippen LogP contribution in [0.4, 0.5) is 5.13 Å². The summed E-state index contributed by atoms with van der Waals surface area (Å²) in [5.74, 6) is 0. The van der Waals surface area contributed by atoms with E-state index in [9.17, 15) is 4.79 Å². The fourth-order valence-corrected chi connectivity index (χ4v) is 2.85. The Labute approximate surface area is 121 Å². The molecule has 3 nitrogen and oxygen atoms in total. The van der Waals surface area contributed by atoms with Gasteiger partial charge in [-0.05, 0) is 24.1 Å². The normalized spacial score (nSPS) is 10.5. The van der Waals surface area contributed by atoms with Crippen molar-refractivity contribution in [3.05, 3.63) is 45.4 Å². The van der Waals surface area contributed by atoms with E-state index in [0.29, 0.717) is 0 Å². The van der Waals surface area contributed by atoms with E-state index in [2.05, 4.69) is 4.98 Å². The van der Waals surface area contributed by atoms with E-state index in [0.717, 1.165) is 45.5 Å². The molecule has 0 atom stereocenters. The van der Waals surface area contributed by atoms with Crippen LogP contribution in [-0.4, -0.2) is 18.3 Å². The molecule has 1 aromatic carbocycles. The van der Waals surface area contributed by atoms with Crippen LogP contribution in [0.3, 0.4) is 0 Å². The molecule has 0 aliphatic carbocycles. The number of halogens is 1. The van der Waals surface area contributed by atoms with Gasteiger partial charge in [-0.25, -0.2) is 4.98 Å². The average Bonchev–Trinajstić information content (AvgIpc) is 2.84. The molecule has 0 fully saturated rings. The quantitative estimate of drug-likeness (QED) is 0.786. The van der Waals surface area contributed by atoms with Crippen LogP contribution in [0, 0.1) is 0 Å². The summed E-state index contributed by atoms with van der Waals surface area (Å²) in [6.45, 7) is 2.75. The molecule has 0 spiro atoms. The molecule has 5 heteroatoms. The van der Waals surface area contributed by atoms with E-state index in [1.807, 2.05) is 43.1 Å². The van der Waals surface area contributed by atoms with Gasteiger partial charge in [-0.3, -0.25) is 4.79 Å². The first kappa shape index (κ1) is 14.0. The topological polar surface area (TPSA) is 33.2 Å². The van der Waals surface area contributed by atoms with Crippen molar-refractivity contribution in [3.8, 4) is 0 Å². The highest BCUT2D eigenvalue weighted by Crippen LogP contribution is 2.26. The summed E-state index contributed by atoms with van der Waals surface area (Å²) >= 11 is 7.30. The van der Waals surface area contributed by atoms with Gasteiger partial charge >= 0.3 is 0 Å². The average molecular weight is 295 g/mol. The molecule has 19 heavy (non-hydrogen) atoms. The van der Waals surface area contributed by atoms with Crippen molar-refractivity contribution in [3.63, 3.8) is 0 Å². The van der Waals surface area contributed by atoms with E-state index in [1.54, 1.807) is 0 Å². The molecule has 0 bridgehead atoms. The minimum absolute atomic E-state index is 0.723. The number of hydrogen-bond acceptors (Lipinski definition) is 4. The van der Waals surface area contributed by atoms with Crippen molar-refractivity contribution < 1.29 is 4.79 Å². The number of aryl methyl sites for hydroxylation is 1. The smallest absolute Gasteiger partial charge is 0.186 e. The minimum Gasteiger partial charge on any atom is -0.347 e. The van der Waals surface area contributed by atoms with Crippen LogP contribution in [0.25, 0.3) is 0 Å². The van der Waals surface area contributed by atoms with Gasteiger partial charge in [0.25, 0.3) is 0 Å². The Morgan fingerprint density at radius 3 is 2.58 bits per heavy atom. The molecule has 100 valence electrons. The largest absolute Gasteiger partial charge is 0.347 e. The maximum Gasteiger partial charge on any atom is 0.186 e. The van der Waals surface area contributed by atoms with E-state index in [4.69, 9.17) is 11.6 Å². The predicted octanol–water partition coefficient (Wildman–Crippen LogP) is 3.81. The molecule has 0 N–H and O–H groups in total. The highest BCUT2D eigenvalue weighted by molar-refractivity contribution is 7.17. The van der Waals surface area contributed by atoms with Gasteiger partial charge in [0.1, 0.15) is 0 Å². The van der Waals surface area contributed by atoms with Crippen LogP contribution >= 0.6 is 22.9 Å². The molecular formula is C14H15ClN2OS. The molecule has 0 saturated carbocycles. The molecule has 0 saturated heterocycles. The van der Waals surface area contributed by atoms with Gasteiger partial charge in [0.2, 0.25) is 0 Å². The third-order valence-electron chi connectivity index (χ3n) is 2.82. The molecule has 0 unspecified atom stereocenters. The van der Waals surface area contributed by atoms with E-state index < -0.39 is 0 Å². The first-order valence-corrected chi connectivity index (χ1v) is 7.24. The molecule has 2 rings (SSSR count). The van der Waals surface area contributed by atoms with Crippen molar-refractivity contribution >= 4 is 34.4 Å². The number of anilines is 1. The minimum atomic E-state index is 0.723. The Morgan fingerprint density at radius 1 is 1.37 bits per heavy atom. The third-order valence-corrected chi connectivity index (χ3v) is 4.21. The Kier molecular flexibility index (Phi) is 4.56. The van der Waals surface area contributed by atoms with Crippen LogP contribution < -0.4 is 4.90 Å². The number of rotatable bonds is 5. The lowest BCUT2D eigenvalue weighted by Gasteiger charge is -2.15. The molecule has 0 radical (unpaired) electrons. The van der Waals surface area contributed by atoms with E-state index >= 15 is 0 Å². The zero-order valence-corrected chi connectivity index (χ0v) is 12.5. The highest BCUT2D eigenvalue weighted by atomic mass is 35.5. The lowest BCUT2D eigenvalue weighted by molar-refractivity contribution is 0.112. The Balaban J connectivity index is 2.15. The summed E-state index contributed by atoms with van der Waals surface area (Å²) in [6, 6.07) is 7.74. The number of nitrogens with zero attached hydrogens (tertiary/aromatic N) is 2. The molecule has 2 aromatic rings. The second kappa shape index (κ2) is 6.17. The number of hydrogen-bond donors (Lipinski definition) is 0. The number of benzene rings is 1. The lowest BCUT2D eigenvalue weighted by atomic mass is 10.2. The van der Waals surface area contributed by atoms with Gasteiger partial charge in [-0.15, -0.1) is 0 Å². The maximum absolute atomic E-state index is 11.0. The fraction of sp³-hybridized carbons (Fsp3) is 0.286. The Bertz CT molecular complexity index is 565. The van der Waals surface area contributed by atoms with Crippen LogP contribution in [0.5, 0.6) is 0 Å². The third kappa shape index (κ3) is 3.33. The van der Waals surface area contributed by atoms with Gasteiger partial charge in [0, 0.05) is 18.6 Å². The van der Waals surface area contributed by atoms with E-state index in [1.165, 1.54) is 11.3 Å². The maximum atomic E-state index is 11.0. The summed E-state index contributed by atoms with van der Waals surface area (Å²) < 4.78 is 0. The number of thiazole rings is 1. The standard InChI is InChI=1S/C14H15ClN2OS/c1-3-12-13(9-18)19-14(16-12)17(2)8-10-4-6-11(15)7-5-10/h4-7,9H,3,8H2,1-2H3. The summed E-state index contributed by atoms with van der Waals surface area (Å²) in [4.78, 5) is 18.2. The number of carbonyl (C=O) groups excluding carboxylic acids is 1. The Morgan fingerprint density at radius 2 is 2.05 bits per heavy atom. The van der Waals surface area contributed by atoms with Crippen molar-refractivity contribution in [2.45, 2.75) is 19.9 Å². The van der Waals surface area contributed by atoms with Crippen LogP contribution in [0.15, 0.2) is 24.3 Å². The lowest BCUT2D eigenvalue weighted by Crippen LogP contribution is -2.16. The van der Waals surface area contributed by atoms with E-state index in [-0.39, 0.29) is 0 Å². The van der Waals surface area contributed by atoms with Gasteiger partial charge in [0.05, 0.1) is 10.6 Å². The summed E-state index contributed by atoms with van der Waals surface area (Å²) in [6.07, 6.45) is 1.66. The SMILES string of the molecule is CCc1nc(N(C)Cc2ccc(Cl)cc2)sc1C=O. The molecule has 0 aliphatic heterocycles. The number of aldehydes is 1. The number of aromatic nitrogens is 1. The molecule has 1 aromatic heterocycles. The number of carbonyl (C=O) groups is 1. The monoisotopic (exact) mass is 294 g/mol. The van der Waals surface area contributed by atoms with Gasteiger partial charge < -0.3 is 4.90 Å². The molecular weight excluding hydrogens is 280 g/mol. The van der Waals surface area contributed by atoms with Gasteiger partial charge in [-0.1, -0.05) is 42.0 Å². The molecule has 0 aliphatic rings. The molecule has 0 amide bonds. The predicted molar refractivity (Wildman–Crippen MR) is 80.4 cm³/mol. The summed E-state index contributed by atoms with van der Waals surface area (Å²) in [5, 5.41) is 1.60. The summed E-state index contributed by atoms with van der Waals surface area (Å²) in [7, 11) is 1.97. The zero-order valence-electron chi connectivity index (χ0n) is 10.9. The first-order valence-electron chi connectivity index (χ1n) is 6.04. The fourth-order valence-electron chi connectivity index (χ4n) is 1.79. The van der Waals surface area contributed by atoms with Gasteiger partial charge in [-0.2, -0.15) is 0 Å². The highest BCUT2D eigenvalue weighted by Gasteiger charge is 2.12. The van der Waals surface area contributed by atoms with Crippen molar-refractivity contribution in [1.82, 2.24) is 4.98 Å². The van der Waals surface area contributed by atoms with Crippen LogP contribution in [0.2, 0.25) is 5.02 Å². The van der Waals surface area contributed by atoms with Gasteiger partial charge in [0.15, 0.2) is 11.4 Å².